The van der Waals surface area contributed by atoms with Crippen molar-refractivity contribution in [1.29, 1.82) is 0 Å². The topological polar surface area (TPSA) is 43.7 Å². The van der Waals surface area contributed by atoms with Crippen LogP contribution in [0.15, 0.2) is 0 Å². The van der Waals surface area contributed by atoms with E-state index >= 15 is 0 Å². The third-order valence-corrected chi connectivity index (χ3v) is 3.08. The van der Waals surface area contributed by atoms with Crippen LogP contribution in [0.25, 0.3) is 0 Å². The summed E-state index contributed by atoms with van der Waals surface area (Å²) in [6.07, 6.45) is 3.28. The summed E-state index contributed by atoms with van der Waals surface area (Å²) >= 11 is 0. The molecule has 78 valence electrons. The van der Waals surface area contributed by atoms with E-state index in [2.05, 4.69) is 11.8 Å². The molecule has 1 atom stereocenters. The van der Waals surface area contributed by atoms with Crippen LogP contribution >= 0.6 is 0 Å². The first-order valence-electron chi connectivity index (χ1n) is 5.14. The number of rotatable bonds is 3. The smallest absolute Gasteiger partial charge is 0.0558 e. The molecule has 3 heteroatoms. The summed E-state index contributed by atoms with van der Waals surface area (Å²) in [6.45, 7) is 5.54. The van der Waals surface area contributed by atoms with Crippen molar-refractivity contribution in [3.8, 4) is 0 Å². The molecule has 0 aromatic heterocycles. The lowest BCUT2D eigenvalue weighted by Gasteiger charge is -2.25. The number of hydrogen-bond acceptors (Lipinski definition) is 3. The minimum absolute atomic E-state index is 0.115. The number of aliphatic hydroxyl groups is 2. The molecule has 0 aromatic rings. The Balaban J connectivity index is 2.39. The second kappa shape index (κ2) is 4.94. The molecule has 1 fully saturated rings. The maximum Gasteiger partial charge on any atom is 0.0558 e. The van der Waals surface area contributed by atoms with Crippen LogP contribution in [0.2, 0.25) is 0 Å². The Hall–Kier alpha value is -0.120. The van der Waals surface area contributed by atoms with Gasteiger partial charge in [0.15, 0.2) is 0 Å². The molecule has 1 aliphatic rings. The highest BCUT2D eigenvalue weighted by Crippen LogP contribution is 2.29. The zero-order valence-electron chi connectivity index (χ0n) is 8.50. The average Bonchev–Trinajstić information content (AvgIpc) is 2.31. The summed E-state index contributed by atoms with van der Waals surface area (Å²) in [7, 11) is 0. The summed E-state index contributed by atoms with van der Waals surface area (Å²) in [5.74, 6) is 0. The van der Waals surface area contributed by atoms with Gasteiger partial charge < -0.3 is 15.1 Å². The van der Waals surface area contributed by atoms with Gasteiger partial charge in [0.25, 0.3) is 0 Å². The normalized spacial score (nSPS) is 31.6. The van der Waals surface area contributed by atoms with Crippen LogP contribution in [-0.2, 0) is 0 Å². The van der Waals surface area contributed by atoms with Gasteiger partial charge >= 0.3 is 0 Å². The van der Waals surface area contributed by atoms with E-state index in [1.54, 1.807) is 0 Å². The van der Waals surface area contributed by atoms with Crippen LogP contribution in [0.1, 0.15) is 26.2 Å². The number of nitrogens with zero attached hydrogens (tertiary/aromatic N) is 1. The molecule has 13 heavy (non-hydrogen) atoms. The van der Waals surface area contributed by atoms with Crippen molar-refractivity contribution >= 4 is 0 Å². The second-order valence-corrected chi connectivity index (χ2v) is 4.39. The Morgan fingerprint density at radius 3 is 2.62 bits per heavy atom. The summed E-state index contributed by atoms with van der Waals surface area (Å²) in [5, 5.41) is 18.0. The lowest BCUT2D eigenvalue weighted by Crippen LogP contribution is -2.29. The monoisotopic (exact) mass is 187 g/mol. The third kappa shape index (κ3) is 3.25. The van der Waals surface area contributed by atoms with E-state index in [0.29, 0.717) is 6.61 Å². The molecule has 1 heterocycles. The summed E-state index contributed by atoms with van der Waals surface area (Å²) < 4.78 is 0. The maximum absolute atomic E-state index is 9.22. The molecule has 1 saturated heterocycles. The minimum Gasteiger partial charge on any atom is -0.396 e. The summed E-state index contributed by atoms with van der Waals surface area (Å²) in [4.78, 5) is 2.28. The molecule has 0 radical (unpaired) electrons. The highest BCUT2D eigenvalue weighted by atomic mass is 16.3. The molecular weight excluding hydrogens is 166 g/mol. The van der Waals surface area contributed by atoms with Crippen LogP contribution < -0.4 is 0 Å². The molecule has 0 aliphatic carbocycles. The van der Waals surface area contributed by atoms with E-state index in [1.807, 2.05) is 0 Å². The first-order valence-corrected chi connectivity index (χ1v) is 5.14. The van der Waals surface area contributed by atoms with E-state index in [9.17, 15) is 5.11 Å². The minimum atomic E-state index is 0.115. The standard InChI is InChI=1S/C10H21NO2/c1-10(9-13)3-2-5-11(6-4-10)7-8-12/h12-13H,2-9H2,1H3. The third-order valence-electron chi connectivity index (χ3n) is 3.08. The molecule has 1 aliphatic heterocycles. The molecule has 1 unspecified atom stereocenters. The quantitative estimate of drug-likeness (QED) is 0.675. The van der Waals surface area contributed by atoms with Crippen molar-refractivity contribution < 1.29 is 10.2 Å². The Bertz CT molecular complexity index is 152. The van der Waals surface area contributed by atoms with E-state index in [-0.39, 0.29) is 12.0 Å². The molecular formula is C10H21NO2. The van der Waals surface area contributed by atoms with Gasteiger partial charge in [-0.1, -0.05) is 6.92 Å². The molecule has 1 rings (SSSR count). The molecule has 0 spiro atoms. The zero-order chi connectivity index (χ0) is 9.73. The van der Waals surface area contributed by atoms with E-state index in [4.69, 9.17) is 5.11 Å². The molecule has 0 amide bonds. The summed E-state index contributed by atoms with van der Waals surface area (Å²) in [5.41, 5.74) is 0.115. The Labute approximate surface area is 80.4 Å². The van der Waals surface area contributed by atoms with Gasteiger partial charge in [-0.25, -0.2) is 0 Å². The van der Waals surface area contributed by atoms with Crippen molar-refractivity contribution in [3.05, 3.63) is 0 Å². The number of likely N-dealkylation sites (tertiary alicyclic amines) is 1. The zero-order valence-corrected chi connectivity index (χ0v) is 8.50. The van der Waals surface area contributed by atoms with Crippen molar-refractivity contribution in [1.82, 2.24) is 4.90 Å². The predicted molar refractivity (Wildman–Crippen MR) is 52.6 cm³/mol. The largest absolute Gasteiger partial charge is 0.396 e. The molecule has 3 nitrogen and oxygen atoms in total. The van der Waals surface area contributed by atoms with Crippen molar-refractivity contribution in [2.75, 3.05) is 32.8 Å². The van der Waals surface area contributed by atoms with Gasteiger partial charge in [0.2, 0.25) is 0 Å². The van der Waals surface area contributed by atoms with Crippen LogP contribution in [0, 0.1) is 5.41 Å². The fourth-order valence-corrected chi connectivity index (χ4v) is 1.92. The fraction of sp³-hybridized carbons (Fsp3) is 1.00. The fourth-order valence-electron chi connectivity index (χ4n) is 1.92. The van der Waals surface area contributed by atoms with Crippen molar-refractivity contribution in [2.24, 2.45) is 5.41 Å². The van der Waals surface area contributed by atoms with Crippen molar-refractivity contribution in [3.63, 3.8) is 0 Å². The Morgan fingerprint density at radius 2 is 2.00 bits per heavy atom. The average molecular weight is 187 g/mol. The molecule has 0 aromatic carbocycles. The summed E-state index contributed by atoms with van der Waals surface area (Å²) in [6, 6.07) is 0. The van der Waals surface area contributed by atoms with Crippen LogP contribution in [0.4, 0.5) is 0 Å². The van der Waals surface area contributed by atoms with Crippen LogP contribution in [0.3, 0.4) is 0 Å². The number of aliphatic hydroxyl groups excluding tert-OH is 2. The van der Waals surface area contributed by atoms with E-state index in [0.717, 1.165) is 38.9 Å². The second-order valence-electron chi connectivity index (χ2n) is 4.39. The lowest BCUT2D eigenvalue weighted by atomic mass is 9.84. The molecule has 0 bridgehead atoms. The van der Waals surface area contributed by atoms with Gasteiger partial charge in [-0.2, -0.15) is 0 Å². The van der Waals surface area contributed by atoms with Crippen LogP contribution in [-0.4, -0.2) is 48.0 Å². The highest BCUT2D eigenvalue weighted by Gasteiger charge is 2.26. The van der Waals surface area contributed by atoms with Gasteiger partial charge in [-0.3, -0.25) is 0 Å². The van der Waals surface area contributed by atoms with Gasteiger partial charge in [0, 0.05) is 13.2 Å². The van der Waals surface area contributed by atoms with Crippen LogP contribution in [0.5, 0.6) is 0 Å². The first kappa shape index (κ1) is 11.0. The SMILES string of the molecule is CC1(CO)CCCN(CCO)CC1. The van der Waals surface area contributed by atoms with E-state index < -0.39 is 0 Å². The van der Waals surface area contributed by atoms with Gasteiger partial charge in [-0.05, 0) is 37.8 Å². The van der Waals surface area contributed by atoms with Gasteiger partial charge in [0.05, 0.1) is 6.61 Å². The number of β-amino-alcohol motifs (C(OH)–C–C–N with tert-alkyl or cyclic N) is 1. The molecule has 0 saturated carbocycles. The highest BCUT2D eigenvalue weighted by molar-refractivity contribution is 4.79. The van der Waals surface area contributed by atoms with Crippen molar-refractivity contribution in [2.45, 2.75) is 26.2 Å². The number of hydrogen-bond donors (Lipinski definition) is 2. The lowest BCUT2D eigenvalue weighted by molar-refractivity contribution is 0.122. The Morgan fingerprint density at radius 1 is 1.23 bits per heavy atom. The van der Waals surface area contributed by atoms with E-state index in [1.165, 1.54) is 0 Å². The maximum atomic E-state index is 9.22. The van der Waals surface area contributed by atoms with Gasteiger partial charge in [0.1, 0.15) is 0 Å². The predicted octanol–water partition coefficient (Wildman–Crippen LogP) is 0.463. The first-order chi connectivity index (χ1) is 6.20. The van der Waals surface area contributed by atoms with Gasteiger partial charge in [-0.15, -0.1) is 0 Å². The molecule has 2 N–H and O–H groups in total. The Kier molecular flexibility index (Phi) is 4.16.